The first-order chi connectivity index (χ1) is 16.3. The lowest BCUT2D eigenvalue weighted by Crippen LogP contribution is -2.30. The number of benzene rings is 2. The van der Waals surface area contributed by atoms with E-state index in [0.29, 0.717) is 35.2 Å². The molecule has 1 fully saturated rings. The van der Waals surface area contributed by atoms with Crippen LogP contribution < -0.4 is 9.64 Å². The summed E-state index contributed by atoms with van der Waals surface area (Å²) in [5, 5.41) is 11.2. The Labute approximate surface area is 199 Å². The number of Topliss-reactive ketones (excluding diaryl/α,β-unsaturated/α-hetero) is 1. The lowest BCUT2D eigenvalue weighted by molar-refractivity contribution is -0.132. The maximum atomic E-state index is 13.3. The minimum atomic E-state index is -0.848. The Kier molecular flexibility index (Phi) is 6.50. The Morgan fingerprint density at radius 3 is 2.41 bits per heavy atom. The second-order valence-corrected chi connectivity index (χ2v) is 8.94. The van der Waals surface area contributed by atoms with Gasteiger partial charge >= 0.3 is 0 Å². The number of aliphatic hydroxyl groups is 1. The van der Waals surface area contributed by atoms with Crippen LogP contribution in [-0.4, -0.2) is 28.4 Å². The third-order valence-corrected chi connectivity index (χ3v) is 5.74. The summed E-state index contributed by atoms with van der Waals surface area (Å²) in [6, 6.07) is 17.0. The lowest BCUT2D eigenvalue weighted by Gasteiger charge is -2.26. The molecule has 1 aliphatic heterocycles. The summed E-state index contributed by atoms with van der Waals surface area (Å²) in [5.41, 5.74) is 3.46. The minimum Gasteiger partial charge on any atom is -0.507 e. The van der Waals surface area contributed by atoms with Crippen molar-refractivity contribution in [3.8, 4) is 5.75 Å². The maximum absolute atomic E-state index is 13.3. The first-order valence-corrected chi connectivity index (χ1v) is 11.3. The maximum Gasteiger partial charge on any atom is 0.300 e. The van der Waals surface area contributed by atoms with Gasteiger partial charge in [0.25, 0.3) is 11.7 Å². The van der Waals surface area contributed by atoms with E-state index in [2.05, 4.69) is 18.8 Å². The molecule has 2 heterocycles. The van der Waals surface area contributed by atoms with Crippen LogP contribution in [0.3, 0.4) is 0 Å². The molecule has 0 aliphatic carbocycles. The van der Waals surface area contributed by atoms with Crippen molar-refractivity contribution in [2.75, 3.05) is 11.5 Å². The number of carbonyl (C=O) groups excluding carboxylic acids is 2. The van der Waals surface area contributed by atoms with Crippen LogP contribution in [-0.2, 0) is 9.59 Å². The third-order valence-electron chi connectivity index (χ3n) is 5.74. The van der Waals surface area contributed by atoms with Crippen molar-refractivity contribution < 1.29 is 19.4 Å². The molecule has 1 atom stereocenters. The van der Waals surface area contributed by atoms with Crippen LogP contribution >= 0.6 is 0 Å². The first-order valence-electron chi connectivity index (χ1n) is 11.3. The van der Waals surface area contributed by atoms with Crippen molar-refractivity contribution in [1.29, 1.82) is 0 Å². The van der Waals surface area contributed by atoms with Gasteiger partial charge in [-0.3, -0.25) is 19.5 Å². The zero-order valence-corrected chi connectivity index (χ0v) is 19.8. The highest BCUT2D eigenvalue weighted by Gasteiger charge is 2.48. The summed E-state index contributed by atoms with van der Waals surface area (Å²) < 4.78 is 5.72. The van der Waals surface area contributed by atoms with E-state index in [0.717, 1.165) is 11.1 Å². The zero-order valence-electron chi connectivity index (χ0n) is 19.8. The number of hydrogen-bond acceptors (Lipinski definition) is 5. The van der Waals surface area contributed by atoms with Gasteiger partial charge in [0, 0.05) is 17.4 Å². The number of nitrogens with zero attached hydrogens (tertiary/aromatic N) is 2. The highest BCUT2D eigenvalue weighted by atomic mass is 16.5. The van der Waals surface area contributed by atoms with Crippen LogP contribution in [0.25, 0.3) is 5.76 Å². The van der Waals surface area contributed by atoms with Gasteiger partial charge in [-0.1, -0.05) is 37.6 Å². The highest BCUT2D eigenvalue weighted by molar-refractivity contribution is 6.51. The van der Waals surface area contributed by atoms with Gasteiger partial charge in [0.2, 0.25) is 0 Å². The van der Waals surface area contributed by atoms with Crippen molar-refractivity contribution >= 4 is 23.1 Å². The lowest BCUT2D eigenvalue weighted by atomic mass is 9.97. The first kappa shape index (κ1) is 23.2. The molecule has 0 radical (unpaired) electrons. The molecule has 174 valence electrons. The Bertz CT molecular complexity index is 1250. The number of aromatic nitrogens is 1. The van der Waals surface area contributed by atoms with E-state index in [9.17, 15) is 14.7 Å². The van der Waals surface area contributed by atoms with Crippen LogP contribution in [0.2, 0.25) is 0 Å². The number of aryl methyl sites for hydroxylation is 2. The predicted molar refractivity (Wildman–Crippen MR) is 132 cm³/mol. The fourth-order valence-electron chi connectivity index (χ4n) is 4.10. The van der Waals surface area contributed by atoms with Gasteiger partial charge in [0.15, 0.2) is 0 Å². The SMILES string of the molecule is Cc1ccc(N2C(=O)C(=O)/C(=C(/O)c3ccc(OCC(C)C)cc3)C2c2ccccn2)c(C)c1. The van der Waals surface area contributed by atoms with Crippen LogP contribution in [0.4, 0.5) is 5.69 Å². The van der Waals surface area contributed by atoms with Gasteiger partial charge < -0.3 is 9.84 Å². The number of amides is 1. The standard InChI is InChI=1S/C28H28N2O4/c1-17(2)16-34-21-11-9-20(10-12-21)26(31)24-25(22-7-5-6-14-29-22)30(28(33)27(24)32)23-13-8-18(3)15-19(23)4/h5-15,17,25,31H,16H2,1-4H3/b26-24+. The molecule has 4 rings (SSSR count). The molecular formula is C28H28N2O4. The number of ketones is 1. The average Bonchev–Trinajstić information content (AvgIpc) is 3.08. The van der Waals surface area contributed by atoms with Crippen LogP contribution in [0.5, 0.6) is 5.75 Å². The molecular weight excluding hydrogens is 428 g/mol. The van der Waals surface area contributed by atoms with Gasteiger partial charge in [0.1, 0.15) is 17.6 Å². The van der Waals surface area contributed by atoms with Crippen LogP contribution in [0, 0.1) is 19.8 Å². The Morgan fingerprint density at radius 1 is 1.06 bits per heavy atom. The van der Waals surface area contributed by atoms with E-state index < -0.39 is 17.7 Å². The molecule has 1 N–H and O–H groups in total. The topological polar surface area (TPSA) is 79.7 Å². The van der Waals surface area contributed by atoms with Gasteiger partial charge in [-0.05, 0) is 67.8 Å². The summed E-state index contributed by atoms with van der Waals surface area (Å²) in [4.78, 5) is 32.4. The van der Waals surface area contributed by atoms with E-state index in [-0.39, 0.29) is 11.3 Å². The van der Waals surface area contributed by atoms with Crippen molar-refractivity contribution in [3.63, 3.8) is 0 Å². The van der Waals surface area contributed by atoms with Crippen molar-refractivity contribution in [1.82, 2.24) is 4.98 Å². The third kappa shape index (κ3) is 4.44. The molecule has 0 bridgehead atoms. The van der Waals surface area contributed by atoms with Gasteiger partial charge in [0.05, 0.1) is 17.9 Å². The second-order valence-electron chi connectivity index (χ2n) is 8.94. The second kappa shape index (κ2) is 9.51. The minimum absolute atomic E-state index is 0.0134. The van der Waals surface area contributed by atoms with E-state index in [4.69, 9.17) is 4.74 Å². The molecule has 6 nitrogen and oxygen atoms in total. The Morgan fingerprint density at radius 2 is 1.79 bits per heavy atom. The summed E-state index contributed by atoms with van der Waals surface area (Å²) in [6.07, 6.45) is 1.61. The fourth-order valence-corrected chi connectivity index (χ4v) is 4.10. The number of anilines is 1. The van der Waals surface area contributed by atoms with Crippen molar-refractivity contribution in [2.24, 2.45) is 5.92 Å². The van der Waals surface area contributed by atoms with Crippen LogP contribution in [0.15, 0.2) is 72.4 Å². The molecule has 1 aliphatic rings. The molecule has 2 aromatic carbocycles. The number of rotatable bonds is 6. The van der Waals surface area contributed by atoms with Gasteiger partial charge in [-0.25, -0.2) is 0 Å². The van der Waals surface area contributed by atoms with Crippen molar-refractivity contribution in [2.45, 2.75) is 33.7 Å². The predicted octanol–water partition coefficient (Wildman–Crippen LogP) is 5.36. The Balaban J connectivity index is 1.82. The van der Waals surface area contributed by atoms with Crippen LogP contribution in [0.1, 0.15) is 42.3 Å². The van der Waals surface area contributed by atoms with E-state index >= 15 is 0 Å². The van der Waals surface area contributed by atoms with E-state index in [1.165, 1.54) is 4.90 Å². The van der Waals surface area contributed by atoms with Gasteiger partial charge in [-0.15, -0.1) is 0 Å². The summed E-state index contributed by atoms with van der Waals surface area (Å²) in [5.74, 6) is -0.624. The number of pyridine rings is 1. The molecule has 1 amide bonds. The molecule has 6 heteroatoms. The number of ether oxygens (including phenoxy) is 1. The summed E-state index contributed by atoms with van der Waals surface area (Å²) in [6.45, 7) is 8.56. The smallest absolute Gasteiger partial charge is 0.300 e. The molecule has 34 heavy (non-hydrogen) atoms. The molecule has 1 aromatic heterocycles. The number of aliphatic hydroxyl groups excluding tert-OH is 1. The van der Waals surface area contributed by atoms with E-state index in [1.54, 1.807) is 48.7 Å². The molecule has 1 unspecified atom stereocenters. The molecule has 3 aromatic rings. The van der Waals surface area contributed by atoms with Gasteiger partial charge in [-0.2, -0.15) is 0 Å². The molecule has 0 saturated carbocycles. The molecule has 0 spiro atoms. The number of carbonyl (C=O) groups is 2. The highest BCUT2D eigenvalue weighted by Crippen LogP contribution is 2.42. The monoisotopic (exact) mass is 456 g/mol. The normalized spacial score (nSPS) is 17.4. The summed E-state index contributed by atoms with van der Waals surface area (Å²) in [7, 11) is 0. The average molecular weight is 457 g/mol. The molecule has 1 saturated heterocycles. The quantitative estimate of drug-likeness (QED) is 0.307. The van der Waals surface area contributed by atoms with Crippen molar-refractivity contribution in [3.05, 3.63) is 94.8 Å². The van der Waals surface area contributed by atoms with E-state index in [1.807, 2.05) is 32.0 Å². The fraction of sp³-hybridized carbons (Fsp3) is 0.250. The largest absolute Gasteiger partial charge is 0.507 e. The summed E-state index contributed by atoms with van der Waals surface area (Å²) >= 11 is 0. The number of hydrogen-bond donors (Lipinski definition) is 1. The Hall–Kier alpha value is -3.93. The zero-order chi connectivity index (χ0) is 24.4.